The summed E-state index contributed by atoms with van der Waals surface area (Å²) in [5, 5.41) is 10.4. The SMILES string of the molecule is CC1=C(/C=C/C(C)=C/C=C/C(C)=C/C(=O)[O-])C(C)(C)CCC1.CCCCCCCCCCCCCCCC[N+](C)(C)Cc1ccccc1. The summed E-state index contributed by atoms with van der Waals surface area (Å²) in [5.41, 5.74) is 6.46. The van der Waals surface area contributed by atoms with Crippen LogP contribution in [0.1, 0.15) is 156 Å². The molecule has 0 N–H and O–H groups in total. The summed E-state index contributed by atoms with van der Waals surface area (Å²) >= 11 is 0. The lowest BCUT2D eigenvalue weighted by atomic mass is 9.72. The number of carboxylic acids is 1. The first kappa shape index (κ1) is 43.4. The quantitative estimate of drug-likeness (QED) is 0.0538. The number of allylic oxidation sites excluding steroid dienone is 9. The molecule has 0 fully saturated rings. The molecule has 0 radical (unpaired) electrons. The smallest absolute Gasteiger partial charge is 0.104 e. The number of rotatable bonds is 22. The molecule has 0 aliphatic heterocycles. The van der Waals surface area contributed by atoms with Crippen LogP contribution in [0.2, 0.25) is 0 Å². The van der Waals surface area contributed by atoms with Crippen molar-refractivity contribution in [3.63, 3.8) is 0 Å². The molecule has 0 unspecified atom stereocenters. The highest BCUT2D eigenvalue weighted by Gasteiger charge is 2.26. The van der Waals surface area contributed by atoms with Crippen LogP contribution in [0, 0.1) is 5.41 Å². The summed E-state index contributed by atoms with van der Waals surface area (Å²) in [5.74, 6) is -1.16. The second kappa shape index (κ2) is 25.3. The third kappa shape index (κ3) is 22.1. The number of quaternary nitrogens is 1. The minimum Gasteiger partial charge on any atom is -0.545 e. The molecule has 1 aromatic carbocycles. The molecule has 270 valence electrons. The third-order valence-electron chi connectivity index (χ3n) is 9.69. The van der Waals surface area contributed by atoms with Crippen LogP contribution >= 0.6 is 0 Å². The van der Waals surface area contributed by atoms with Crippen LogP contribution in [0.3, 0.4) is 0 Å². The van der Waals surface area contributed by atoms with Crippen LogP contribution in [0.25, 0.3) is 0 Å². The van der Waals surface area contributed by atoms with E-state index in [0.29, 0.717) is 5.57 Å². The van der Waals surface area contributed by atoms with Crippen LogP contribution in [0.15, 0.2) is 89.1 Å². The van der Waals surface area contributed by atoms with Gasteiger partial charge < -0.3 is 14.4 Å². The van der Waals surface area contributed by atoms with Crippen LogP contribution in [0.5, 0.6) is 0 Å². The van der Waals surface area contributed by atoms with E-state index in [1.165, 1.54) is 132 Å². The second-order valence-corrected chi connectivity index (χ2v) is 15.6. The Bertz CT molecular complexity index is 1160. The number of carbonyl (C=O) groups excluding carboxylic acids is 1. The summed E-state index contributed by atoms with van der Waals surface area (Å²) in [6.45, 7) is 15.4. The highest BCUT2D eigenvalue weighted by molar-refractivity contribution is 5.79. The number of hydrogen-bond acceptors (Lipinski definition) is 2. The Hall–Kier alpha value is -2.65. The molecular weight excluding hydrogens is 587 g/mol. The average Bonchev–Trinajstić information content (AvgIpc) is 3.01. The fourth-order valence-electron chi connectivity index (χ4n) is 6.76. The topological polar surface area (TPSA) is 40.1 Å². The summed E-state index contributed by atoms with van der Waals surface area (Å²) in [7, 11) is 4.74. The monoisotopic (exact) mass is 660 g/mol. The molecule has 0 bridgehead atoms. The normalized spacial score (nSPS) is 15.7. The Morgan fingerprint density at radius 3 is 1.88 bits per heavy atom. The van der Waals surface area contributed by atoms with Crippen LogP contribution in [0.4, 0.5) is 0 Å². The van der Waals surface area contributed by atoms with Crippen molar-refractivity contribution in [2.45, 2.75) is 157 Å². The maximum atomic E-state index is 10.4. The van der Waals surface area contributed by atoms with Crippen molar-refractivity contribution >= 4 is 5.97 Å². The highest BCUT2D eigenvalue weighted by atomic mass is 16.4. The fraction of sp³-hybridized carbons (Fsp3) is 0.622. The molecule has 48 heavy (non-hydrogen) atoms. The molecule has 3 heteroatoms. The standard InChI is InChI=1S/C25H46N.C20H28O2/c1-4-5-6-7-8-9-10-11-12-13-14-15-16-20-23-26(2,3)24-25-21-18-17-19-22-25;1-15(8-6-9-16(2)14-19(21)22)11-12-18-17(3)10-7-13-20(18,4)5/h17-19,21-22H,4-16,20,23-24H2,1-3H3;6,8-9,11-12,14H,7,10,13H2,1-5H3,(H,21,22)/q+1;/p-1/b;9-6+,12-11+,15-8+,16-14+. The number of aliphatic carboxylic acids is 1. The van der Waals surface area contributed by atoms with Crippen LogP contribution in [-0.2, 0) is 11.3 Å². The molecule has 3 nitrogen and oxygen atoms in total. The van der Waals surface area contributed by atoms with Gasteiger partial charge in [-0.2, -0.15) is 0 Å². The van der Waals surface area contributed by atoms with Crippen molar-refractivity contribution in [2.24, 2.45) is 5.41 Å². The Morgan fingerprint density at radius 1 is 0.812 bits per heavy atom. The molecule has 0 amide bonds. The van der Waals surface area contributed by atoms with E-state index in [2.05, 4.69) is 84.3 Å². The number of hydrogen-bond donors (Lipinski definition) is 0. The molecule has 0 spiro atoms. The average molecular weight is 660 g/mol. The largest absolute Gasteiger partial charge is 0.545 e. The number of carboxylic acid groups (broad SMARTS) is 1. The summed E-state index contributed by atoms with van der Waals surface area (Å²) in [6, 6.07) is 10.9. The van der Waals surface area contributed by atoms with E-state index in [4.69, 9.17) is 0 Å². The lowest BCUT2D eigenvalue weighted by molar-refractivity contribution is -0.903. The van der Waals surface area contributed by atoms with Crippen molar-refractivity contribution in [1.82, 2.24) is 0 Å². The van der Waals surface area contributed by atoms with E-state index in [-0.39, 0.29) is 5.41 Å². The van der Waals surface area contributed by atoms with E-state index in [1.807, 2.05) is 19.1 Å². The predicted molar refractivity (Wildman–Crippen MR) is 209 cm³/mol. The predicted octanol–water partition coefficient (Wildman–Crippen LogP) is 12.0. The number of nitrogens with zero attached hydrogens (tertiary/aromatic N) is 1. The number of benzene rings is 1. The number of unbranched alkanes of at least 4 members (excludes halogenated alkanes) is 13. The van der Waals surface area contributed by atoms with Gasteiger partial charge in [0.1, 0.15) is 6.54 Å². The molecular formula is C45H73NO2. The maximum absolute atomic E-state index is 10.4. The number of carbonyl (C=O) groups is 1. The Labute approximate surface area is 297 Å². The zero-order valence-electron chi connectivity index (χ0n) is 32.5. The molecule has 1 aromatic rings. The molecule has 1 aliphatic carbocycles. The van der Waals surface area contributed by atoms with Gasteiger partial charge in [-0.1, -0.05) is 170 Å². The van der Waals surface area contributed by atoms with Gasteiger partial charge in [0.25, 0.3) is 0 Å². The molecule has 0 aromatic heterocycles. The lowest BCUT2D eigenvalue weighted by Crippen LogP contribution is -2.39. The molecule has 0 saturated carbocycles. The second-order valence-electron chi connectivity index (χ2n) is 15.6. The first-order valence-electron chi connectivity index (χ1n) is 19.3. The van der Waals surface area contributed by atoms with Crippen molar-refractivity contribution in [3.8, 4) is 0 Å². The molecule has 1 aliphatic rings. The van der Waals surface area contributed by atoms with Crippen LogP contribution < -0.4 is 5.11 Å². The summed E-state index contributed by atoms with van der Waals surface area (Å²) < 4.78 is 1.11. The first-order valence-corrected chi connectivity index (χ1v) is 19.3. The molecule has 0 saturated heterocycles. The minimum atomic E-state index is -1.16. The van der Waals surface area contributed by atoms with E-state index in [0.717, 1.165) is 22.7 Å². The van der Waals surface area contributed by atoms with Gasteiger partial charge in [-0.25, -0.2) is 0 Å². The lowest BCUT2D eigenvalue weighted by Gasteiger charge is -2.32. The minimum absolute atomic E-state index is 0.253. The van der Waals surface area contributed by atoms with Crippen molar-refractivity contribution < 1.29 is 14.4 Å². The summed E-state index contributed by atoms with van der Waals surface area (Å²) in [6.07, 6.45) is 35.0. The zero-order valence-corrected chi connectivity index (χ0v) is 32.5. The van der Waals surface area contributed by atoms with Gasteiger partial charge in [0, 0.05) is 5.56 Å². The molecule has 2 rings (SSSR count). The van der Waals surface area contributed by atoms with E-state index in [9.17, 15) is 9.90 Å². The third-order valence-corrected chi connectivity index (χ3v) is 9.69. The van der Waals surface area contributed by atoms with Gasteiger partial charge in [-0.3, -0.25) is 0 Å². The Kier molecular flexibility index (Phi) is 22.9. The van der Waals surface area contributed by atoms with Gasteiger partial charge in [0.05, 0.1) is 26.6 Å². The van der Waals surface area contributed by atoms with Gasteiger partial charge in [-0.05, 0) is 75.5 Å². The fourth-order valence-corrected chi connectivity index (χ4v) is 6.76. The highest BCUT2D eigenvalue weighted by Crippen LogP contribution is 2.40. The Balaban J connectivity index is 0.000000487. The van der Waals surface area contributed by atoms with Crippen molar-refractivity contribution in [1.29, 1.82) is 0 Å². The summed E-state index contributed by atoms with van der Waals surface area (Å²) in [4.78, 5) is 10.4. The van der Waals surface area contributed by atoms with Gasteiger partial charge in [0.15, 0.2) is 0 Å². The van der Waals surface area contributed by atoms with Gasteiger partial charge in [0.2, 0.25) is 0 Å². The van der Waals surface area contributed by atoms with Gasteiger partial charge in [-0.15, -0.1) is 0 Å². The molecule has 0 heterocycles. The van der Waals surface area contributed by atoms with Gasteiger partial charge >= 0.3 is 0 Å². The van der Waals surface area contributed by atoms with E-state index >= 15 is 0 Å². The van der Waals surface area contributed by atoms with Crippen LogP contribution in [-0.4, -0.2) is 31.1 Å². The van der Waals surface area contributed by atoms with E-state index < -0.39 is 5.97 Å². The zero-order chi connectivity index (χ0) is 35.7. The first-order chi connectivity index (χ1) is 22.9. The Morgan fingerprint density at radius 2 is 1.35 bits per heavy atom. The van der Waals surface area contributed by atoms with Crippen molar-refractivity contribution in [3.05, 3.63) is 94.6 Å². The van der Waals surface area contributed by atoms with Crippen molar-refractivity contribution in [2.75, 3.05) is 20.6 Å². The van der Waals surface area contributed by atoms with E-state index in [1.54, 1.807) is 13.0 Å². The molecule has 0 atom stereocenters. The maximum Gasteiger partial charge on any atom is 0.104 e.